The van der Waals surface area contributed by atoms with E-state index in [1.807, 2.05) is 44.2 Å². The summed E-state index contributed by atoms with van der Waals surface area (Å²) in [7, 11) is 0. The van der Waals surface area contributed by atoms with Gasteiger partial charge < -0.3 is 0 Å². The first kappa shape index (κ1) is 18.4. The van der Waals surface area contributed by atoms with E-state index in [0.29, 0.717) is 11.3 Å². The largest absolute Gasteiger partial charge is 0.277 e. The molecule has 0 spiro atoms. The fourth-order valence-electron chi connectivity index (χ4n) is 3.00. The zero-order valence-corrected chi connectivity index (χ0v) is 16.4. The summed E-state index contributed by atoms with van der Waals surface area (Å²) in [5.74, 6) is -0.861. The Labute approximate surface area is 159 Å². The summed E-state index contributed by atoms with van der Waals surface area (Å²) in [6.45, 7) is 10.3. The second-order valence-electron chi connectivity index (χ2n) is 7.73. The van der Waals surface area contributed by atoms with Gasteiger partial charge in [-0.2, -0.15) is 0 Å². The number of rotatable bonds is 2. The van der Waals surface area contributed by atoms with Crippen molar-refractivity contribution >= 4 is 34.7 Å². The highest BCUT2D eigenvalue weighted by atomic mass is 35.5. The lowest BCUT2D eigenvalue weighted by molar-refractivity contribution is -0.119. The fraction of sp³-hybridized carbons (Fsp3) is 0.273. The van der Waals surface area contributed by atoms with E-state index in [1.165, 1.54) is 0 Å². The molecule has 1 aliphatic heterocycles. The van der Waals surface area contributed by atoms with Gasteiger partial charge in [0.2, 0.25) is 0 Å². The molecule has 0 aliphatic carbocycles. The Bertz CT molecular complexity index is 934. The van der Waals surface area contributed by atoms with Gasteiger partial charge in [-0.1, -0.05) is 62.7 Å². The number of amides is 2. The number of benzene rings is 2. The Hall–Kier alpha value is -2.39. The van der Waals surface area contributed by atoms with Gasteiger partial charge >= 0.3 is 0 Å². The number of anilines is 1. The molecule has 2 amide bonds. The van der Waals surface area contributed by atoms with Gasteiger partial charge in [0.05, 0.1) is 11.3 Å². The van der Waals surface area contributed by atoms with E-state index >= 15 is 0 Å². The molecule has 134 valence electrons. The van der Waals surface area contributed by atoms with Gasteiger partial charge in [0.15, 0.2) is 0 Å². The van der Waals surface area contributed by atoms with Gasteiger partial charge in [-0.05, 0) is 53.6 Å². The van der Waals surface area contributed by atoms with Gasteiger partial charge in [-0.25, -0.2) is 4.90 Å². The van der Waals surface area contributed by atoms with Crippen molar-refractivity contribution < 1.29 is 9.59 Å². The molecular weight excluding hydrogens is 346 g/mol. The third-order valence-corrected chi connectivity index (χ3v) is 5.17. The fourth-order valence-corrected chi connectivity index (χ4v) is 3.27. The first-order valence-corrected chi connectivity index (χ1v) is 8.96. The van der Waals surface area contributed by atoms with Gasteiger partial charge in [0.1, 0.15) is 5.03 Å². The van der Waals surface area contributed by atoms with Gasteiger partial charge in [0.25, 0.3) is 11.8 Å². The van der Waals surface area contributed by atoms with Crippen molar-refractivity contribution in [1.82, 2.24) is 0 Å². The number of aryl methyl sites for hydroxylation is 2. The van der Waals surface area contributed by atoms with Crippen molar-refractivity contribution in [2.75, 3.05) is 4.90 Å². The summed E-state index contributed by atoms with van der Waals surface area (Å²) in [5.41, 5.74) is 4.77. The average molecular weight is 368 g/mol. The molecule has 1 aliphatic rings. The monoisotopic (exact) mass is 367 g/mol. The minimum absolute atomic E-state index is 0.00195. The van der Waals surface area contributed by atoms with Crippen LogP contribution in [0.25, 0.3) is 5.57 Å². The first-order chi connectivity index (χ1) is 12.1. The number of nitrogens with zero attached hydrogens (tertiary/aromatic N) is 1. The minimum atomic E-state index is -0.478. The molecule has 0 saturated carbocycles. The van der Waals surface area contributed by atoms with Crippen molar-refractivity contribution in [3.05, 3.63) is 69.8 Å². The first-order valence-electron chi connectivity index (χ1n) is 8.58. The van der Waals surface area contributed by atoms with Crippen molar-refractivity contribution in [1.29, 1.82) is 0 Å². The molecule has 3 rings (SSSR count). The normalized spacial score (nSPS) is 15.2. The second-order valence-corrected chi connectivity index (χ2v) is 8.11. The van der Waals surface area contributed by atoms with Crippen LogP contribution in [0.15, 0.2) is 47.5 Å². The SMILES string of the molecule is Cc1ccc(C2=C(Cl)C(=O)N(c3ccc(C(C)(C)C)cc3)C2=O)cc1C. The number of halogens is 1. The Balaban J connectivity index is 1.99. The topological polar surface area (TPSA) is 37.4 Å². The third kappa shape index (κ3) is 3.08. The highest BCUT2D eigenvalue weighted by Gasteiger charge is 2.39. The van der Waals surface area contributed by atoms with Crippen LogP contribution in [0.2, 0.25) is 0 Å². The molecule has 0 fully saturated rings. The van der Waals surface area contributed by atoms with Gasteiger partial charge in [-0.15, -0.1) is 0 Å². The Morgan fingerprint density at radius 2 is 1.46 bits per heavy atom. The quantitative estimate of drug-likeness (QED) is 0.690. The molecule has 0 saturated heterocycles. The second kappa shape index (κ2) is 6.40. The lowest BCUT2D eigenvalue weighted by Gasteiger charge is -2.21. The van der Waals surface area contributed by atoms with Crippen LogP contribution in [0.4, 0.5) is 5.69 Å². The molecule has 1 heterocycles. The smallest absolute Gasteiger partial charge is 0.268 e. The summed E-state index contributed by atoms with van der Waals surface area (Å²) in [4.78, 5) is 26.8. The number of carbonyl (C=O) groups excluding carboxylic acids is 2. The molecule has 4 heteroatoms. The minimum Gasteiger partial charge on any atom is -0.268 e. The van der Waals surface area contributed by atoms with Crippen LogP contribution in [0.3, 0.4) is 0 Å². The molecule has 0 atom stereocenters. The zero-order chi connectivity index (χ0) is 19.2. The van der Waals surface area contributed by atoms with Crippen LogP contribution in [-0.2, 0) is 15.0 Å². The van der Waals surface area contributed by atoms with Crippen molar-refractivity contribution in [2.45, 2.75) is 40.0 Å². The van der Waals surface area contributed by atoms with E-state index in [1.54, 1.807) is 12.1 Å². The Morgan fingerprint density at radius 3 is 2.00 bits per heavy atom. The predicted molar refractivity (Wildman–Crippen MR) is 106 cm³/mol. The standard InChI is InChI=1S/C22H22ClNO2/c1-13-6-7-15(12-14(13)2)18-19(23)21(26)24(20(18)25)17-10-8-16(9-11-17)22(3,4)5/h6-12H,1-5H3. The van der Waals surface area contributed by atoms with E-state index in [4.69, 9.17) is 11.6 Å². The predicted octanol–water partition coefficient (Wildman–Crippen LogP) is 5.12. The van der Waals surface area contributed by atoms with Gasteiger partial charge in [0, 0.05) is 0 Å². The maximum absolute atomic E-state index is 13.0. The van der Waals surface area contributed by atoms with Crippen LogP contribution in [-0.4, -0.2) is 11.8 Å². The number of hydrogen-bond acceptors (Lipinski definition) is 2. The average Bonchev–Trinajstić information content (AvgIpc) is 2.79. The molecule has 0 N–H and O–H groups in total. The highest BCUT2D eigenvalue weighted by molar-refractivity contribution is 6.60. The zero-order valence-electron chi connectivity index (χ0n) is 15.7. The molecule has 2 aromatic rings. The number of hydrogen-bond donors (Lipinski definition) is 0. The molecular formula is C22H22ClNO2. The highest BCUT2D eigenvalue weighted by Crippen LogP contribution is 2.36. The molecule has 3 nitrogen and oxygen atoms in total. The van der Waals surface area contributed by atoms with Gasteiger partial charge in [-0.3, -0.25) is 9.59 Å². The van der Waals surface area contributed by atoms with Crippen LogP contribution in [0.1, 0.15) is 43.0 Å². The molecule has 0 aromatic heterocycles. The molecule has 0 bridgehead atoms. The summed E-state index contributed by atoms with van der Waals surface area (Å²) in [6, 6.07) is 13.1. The third-order valence-electron chi connectivity index (χ3n) is 4.81. The Kier molecular flexibility index (Phi) is 4.53. The van der Waals surface area contributed by atoms with Crippen molar-refractivity contribution in [3.63, 3.8) is 0 Å². The van der Waals surface area contributed by atoms with Crippen LogP contribution < -0.4 is 4.90 Å². The lowest BCUT2D eigenvalue weighted by Crippen LogP contribution is -2.31. The lowest BCUT2D eigenvalue weighted by atomic mass is 9.87. The van der Waals surface area contributed by atoms with E-state index in [-0.39, 0.29) is 21.9 Å². The molecule has 2 aromatic carbocycles. The molecule has 0 unspecified atom stereocenters. The van der Waals surface area contributed by atoms with Crippen LogP contribution in [0, 0.1) is 13.8 Å². The van der Waals surface area contributed by atoms with E-state index in [0.717, 1.165) is 21.6 Å². The molecule has 0 radical (unpaired) electrons. The summed E-state index contributed by atoms with van der Waals surface area (Å²) >= 11 is 6.27. The Morgan fingerprint density at radius 1 is 0.846 bits per heavy atom. The number of imide groups is 1. The number of carbonyl (C=O) groups is 2. The maximum atomic E-state index is 13.0. The van der Waals surface area contributed by atoms with Crippen molar-refractivity contribution in [2.24, 2.45) is 0 Å². The molecule has 26 heavy (non-hydrogen) atoms. The van der Waals surface area contributed by atoms with Crippen LogP contribution in [0.5, 0.6) is 0 Å². The van der Waals surface area contributed by atoms with E-state index in [9.17, 15) is 9.59 Å². The van der Waals surface area contributed by atoms with Crippen LogP contribution >= 0.6 is 11.6 Å². The maximum Gasteiger partial charge on any atom is 0.277 e. The van der Waals surface area contributed by atoms with Crippen molar-refractivity contribution in [3.8, 4) is 0 Å². The summed E-state index contributed by atoms with van der Waals surface area (Å²) in [6.07, 6.45) is 0. The van der Waals surface area contributed by atoms with E-state index in [2.05, 4.69) is 20.8 Å². The summed E-state index contributed by atoms with van der Waals surface area (Å²) < 4.78 is 0. The van der Waals surface area contributed by atoms with E-state index < -0.39 is 5.91 Å². The summed E-state index contributed by atoms with van der Waals surface area (Å²) in [5, 5.41) is -0.0295.